The molecule has 2 aliphatic carbocycles. The number of aryl methyl sites for hydroxylation is 1. The number of benzene rings is 2. The number of carbonyl (C=O) groups is 1. The number of aromatic nitrogens is 2. The average molecular weight is 605 g/mol. The highest BCUT2D eigenvalue weighted by atomic mass is 35.5. The van der Waals surface area contributed by atoms with Gasteiger partial charge >= 0.3 is 5.97 Å². The van der Waals surface area contributed by atoms with Crippen molar-refractivity contribution in [2.45, 2.75) is 57.0 Å². The van der Waals surface area contributed by atoms with Crippen LogP contribution in [0.1, 0.15) is 76.4 Å². The highest BCUT2D eigenvalue weighted by Gasteiger charge is 2.58. The SMILES string of the molecule is CCOC(=O)c1cncc(C2(C#N)CC2c2ccc(OCc3c(-c4ccccc4C)noc3C3CC3)cc2Cl)c1.CCl. The number of rotatable bonds is 9. The van der Waals surface area contributed by atoms with Crippen LogP contribution in [-0.4, -0.2) is 29.1 Å². The molecule has 0 bridgehead atoms. The van der Waals surface area contributed by atoms with Crippen LogP contribution in [0.3, 0.4) is 0 Å². The Morgan fingerprint density at radius 2 is 1.95 bits per heavy atom. The summed E-state index contributed by atoms with van der Waals surface area (Å²) in [5.41, 5.74) is 5.03. The molecule has 42 heavy (non-hydrogen) atoms. The third kappa shape index (κ3) is 5.74. The van der Waals surface area contributed by atoms with Gasteiger partial charge in [-0.2, -0.15) is 5.26 Å². The van der Waals surface area contributed by atoms with Gasteiger partial charge in [0.2, 0.25) is 0 Å². The lowest BCUT2D eigenvalue weighted by atomic mass is 9.92. The molecule has 2 aromatic carbocycles. The molecule has 2 atom stereocenters. The van der Waals surface area contributed by atoms with Gasteiger partial charge in [0.1, 0.15) is 23.8 Å². The zero-order chi connectivity index (χ0) is 29.9. The van der Waals surface area contributed by atoms with Crippen molar-refractivity contribution < 1.29 is 18.8 Å². The van der Waals surface area contributed by atoms with E-state index in [1.807, 2.05) is 30.3 Å². The number of nitrogens with zero attached hydrogens (tertiary/aromatic N) is 3. The lowest BCUT2D eigenvalue weighted by molar-refractivity contribution is 0.0525. The van der Waals surface area contributed by atoms with Gasteiger partial charge in [0.05, 0.1) is 29.2 Å². The Labute approximate surface area is 255 Å². The van der Waals surface area contributed by atoms with Gasteiger partial charge in [0.25, 0.3) is 0 Å². The molecule has 0 radical (unpaired) electrons. The van der Waals surface area contributed by atoms with Gasteiger partial charge in [-0.05, 0) is 68.0 Å². The summed E-state index contributed by atoms with van der Waals surface area (Å²) in [5, 5.41) is 15.1. The lowest BCUT2D eigenvalue weighted by Crippen LogP contribution is -2.11. The van der Waals surface area contributed by atoms with Crippen LogP contribution >= 0.6 is 23.2 Å². The molecule has 0 amide bonds. The topological polar surface area (TPSA) is 98.2 Å². The molecule has 9 heteroatoms. The zero-order valence-electron chi connectivity index (χ0n) is 23.7. The number of esters is 1. The van der Waals surface area contributed by atoms with Crippen molar-refractivity contribution >= 4 is 29.2 Å². The molecule has 2 saturated carbocycles. The number of alkyl halides is 1. The maximum absolute atomic E-state index is 12.2. The number of nitriles is 1. The van der Waals surface area contributed by atoms with E-state index in [0.717, 1.165) is 46.5 Å². The van der Waals surface area contributed by atoms with Crippen molar-refractivity contribution in [1.29, 1.82) is 5.26 Å². The maximum Gasteiger partial charge on any atom is 0.339 e. The minimum atomic E-state index is -0.800. The lowest BCUT2D eigenvalue weighted by Gasteiger charge is -2.13. The normalized spacial score (nSPS) is 18.8. The van der Waals surface area contributed by atoms with E-state index in [1.54, 1.807) is 25.3 Å². The van der Waals surface area contributed by atoms with E-state index in [-0.39, 0.29) is 12.5 Å². The largest absolute Gasteiger partial charge is 0.489 e. The Morgan fingerprint density at radius 3 is 2.64 bits per heavy atom. The molecular weight excluding hydrogens is 573 g/mol. The number of halogens is 2. The second-order valence-corrected chi connectivity index (χ2v) is 10.9. The quantitative estimate of drug-likeness (QED) is 0.141. The van der Waals surface area contributed by atoms with E-state index in [0.29, 0.717) is 40.8 Å². The molecule has 6 rings (SSSR count). The van der Waals surface area contributed by atoms with E-state index < -0.39 is 11.4 Å². The van der Waals surface area contributed by atoms with Gasteiger partial charge in [0.15, 0.2) is 0 Å². The van der Waals surface area contributed by atoms with Crippen LogP contribution in [0.4, 0.5) is 0 Å². The van der Waals surface area contributed by atoms with Gasteiger partial charge < -0.3 is 14.0 Å². The fraction of sp³-hybridized carbons (Fsp3) is 0.333. The molecule has 7 nitrogen and oxygen atoms in total. The average Bonchev–Trinajstić information content (AvgIpc) is 3.95. The van der Waals surface area contributed by atoms with Crippen LogP contribution in [0.2, 0.25) is 5.02 Å². The predicted octanol–water partition coefficient (Wildman–Crippen LogP) is 8.14. The van der Waals surface area contributed by atoms with Crippen LogP contribution in [0.15, 0.2) is 65.4 Å². The fourth-order valence-corrected chi connectivity index (χ4v) is 5.67. The van der Waals surface area contributed by atoms with Crippen molar-refractivity contribution in [1.82, 2.24) is 10.1 Å². The first-order chi connectivity index (χ1) is 20.4. The summed E-state index contributed by atoms with van der Waals surface area (Å²) >= 11 is 11.4. The number of pyridine rings is 1. The molecule has 2 aliphatic rings. The maximum atomic E-state index is 12.2. The highest BCUT2D eigenvalue weighted by Crippen LogP contribution is 2.61. The van der Waals surface area contributed by atoms with Crippen LogP contribution in [0.25, 0.3) is 11.3 Å². The Kier molecular flexibility index (Phi) is 8.86. The summed E-state index contributed by atoms with van der Waals surface area (Å²) in [6, 6.07) is 17.9. The van der Waals surface area contributed by atoms with E-state index >= 15 is 0 Å². The Hall–Kier alpha value is -3.86. The smallest absolute Gasteiger partial charge is 0.339 e. The van der Waals surface area contributed by atoms with Crippen molar-refractivity contribution in [2.75, 3.05) is 13.0 Å². The minimum Gasteiger partial charge on any atom is -0.489 e. The van der Waals surface area contributed by atoms with E-state index in [9.17, 15) is 10.1 Å². The molecule has 4 aromatic rings. The summed E-state index contributed by atoms with van der Waals surface area (Å²) in [5.74, 6) is 1.34. The molecular formula is C33H31Cl2N3O4. The molecule has 0 spiro atoms. The third-order valence-corrected chi connectivity index (χ3v) is 8.15. The Morgan fingerprint density at radius 1 is 1.17 bits per heavy atom. The Balaban J connectivity index is 0.00000173. The molecule has 0 saturated heterocycles. The number of ether oxygens (including phenoxy) is 2. The highest BCUT2D eigenvalue weighted by molar-refractivity contribution is 6.31. The summed E-state index contributed by atoms with van der Waals surface area (Å²) in [6.45, 7) is 4.39. The van der Waals surface area contributed by atoms with Crippen LogP contribution < -0.4 is 4.74 Å². The van der Waals surface area contributed by atoms with Gasteiger partial charge in [0, 0.05) is 41.2 Å². The predicted molar refractivity (Wildman–Crippen MR) is 161 cm³/mol. The first-order valence-electron chi connectivity index (χ1n) is 13.8. The summed E-state index contributed by atoms with van der Waals surface area (Å²) in [7, 11) is 0. The standard InChI is InChI=1S/C32H28ClN3O4.CH3Cl/c1-3-38-31(37)21-12-22(16-35-15-21)32(18-34)14-27(32)25-11-10-23(13-28(25)33)39-17-26-29(24-7-5-4-6-19(24)2)36-40-30(26)20-8-9-20;1-2/h4-7,10-13,15-16,20,27H,3,8-9,14,17H2,1-2H3;1H3. The van der Waals surface area contributed by atoms with E-state index in [2.05, 4.69) is 40.8 Å². The van der Waals surface area contributed by atoms with Gasteiger partial charge in [-0.25, -0.2) is 4.79 Å². The second-order valence-electron chi connectivity index (χ2n) is 10.5. The number of hydrogen-bond acceptors (Lipinski definition) is 7. The molecule has 2 aromatic heterocycles. The molecule has 0 aliphatic heterocycles. The van der Waals surface area contributed by atoms with E-state index in [1.165, 1.54) is 12.6 Å². The van der Waals surface area contributed by atoms with Gasteiger partial charge in [-0.1, -0.05) is 47.1 Å². The molecule has 0 N–H and O–H groups in total. The number of carbonyl (C=O) groups excluding carboxylic acids is 1. The molecule has 2 unspecified atom stereocenters. The van der Waals surface area contributed by atoms with Crippen molar-refractivity contribution in [3.05, 3.63) is 99.5 Å². The first kappa shape index (κ1) is 29.6. The Bertz CT molecular complexity index is 1640. The van der Waals surface area contributed by atoms with Crippen molar-refractivity contribution in [2.24, 2.45) is 0 Å². The second kappa shape index (κ2) is 12.6. The molecule has 2 heterocycles. The van der Waals surface area contributed by atoms with E-state index in [4.69, 9.17) is 25.6 Å². The van der Waals surface area contributed by atoms with Crippen molar-refractivity contribution in [3.8, 4) is 23.1 Å². The molecule has 2 fully saturated rings. The number of hydrogen-bond donors (Lipinski definition) is 0. The summed E-state index contributed by atoms with van der Waals surface area (Å²) < 4.78 is 17.1. The first-order valence-corrected chi connectivity index (χ1v) is 15.0. The van der Waals surface area contributed by atoms with Gasteiger partial charge in [-0.3, -0.25) is 4.98 Å². The molecule has 216 valence electrons. The van der Waals surface area contributed by atoms with Crippen LogP contribution in [-0.2, 0) is 16.8 Å². The zero-order valence-corrected chi connectivity index (χ0v) is 25.2. The fourth-order valence-electron chi connectivity index (χ4n) is 5.37. The third-order valence-electron chi connectivity index (χ3n) is 7.82. The minimum absolute atomic E-state index is 0.120. The van der Waals surface area contributed by atoms with Crippen LogP contribution in [0, 0.1) is 18.3 Å². The summed E-state index contributed by atoms with van der Waals surface area (Å²) in [6.07, 6.45) is 7.34. The van der Waals surface area contributed by atoms with Crippen molar-refractivity contribution in [3.63, 3.8) is 0 Å². The monoisotopic (exact) mass is 603 g/mol. The van der Waals surface area contributed by atoms with Crippen LogP contribution in [0.5, 0.6) is 5.75 Å². The summed E-state index contributed by atoms with van der Waals surface area (Å²) in [4.78, 5) is 16.4. The van der Waals surface area contributed by atoms with Gasteiger partial charge in [-0.15, -0.1) is 11.6 Å².